The summed E-state index contributed by atoms with van der Waals surface area (Å²) in [6.07, 6.45) is 2.59. The minimum Gasteiger partial charge on any atom is -0.481 e. The van der Waals surface area contributed by atoms with E-state index in [0.717, 1.165) is 11.5 Å². The number of benzene rings is 1. The van der Waals surface area contributed by atoms with Gasteiger partial charge in [0.15, 0.2) is 0 Å². The largest absolute Gasteiger partial charge is 0.481 e. The van der Waals surface area contributed by atoms with Crippen LogP contribution in [0.2, 0.25) is 0 Å². The highest BCUT2D eigenvalue weighted by Gasteiger charge is 2.23. The fourth-order valence-corrected chi connectivity index (χ4v) is 1.47. The van der Waals surface area contributed by atoms with Crippen LogP contribution in [0.4, 0.5) is 0 Å². The molecule has 1 aliphatic carbocycles. The van der Waals surface area contributed by atoms with Crippen LogP contribution in [0, 0.1) is 5.41 Å². The molecule has 1 aromatic rings. The van der Waals surface area contributed by atoms with Gasteiger partial charge in [0.2, 0.25) is 5.90 Å². The average molecular weight is 175 g/mol. The van der Waals surface area contributed by atoms with E-state index in [9.17, 15) is 0 Å². The highest BCUT2D eigenvalue weighted by Crippen LogP contribution is 2.40. The molecular weight excluding hydrogens is 162 g/mol. The van der Waals surface area contributed by atoms with Crippen molar-refractivity contribution >= 4 is 5.90 Å². The maximum Gasteiger partial charge on any atom is 0.212 e. The van der Waals surface area contributed by atoms with Crippen LogP contribution in [0.1, 0.15) is 29.9 Å². The zero-order valence-electron chi connectivity index (χ0n) is 7.71. The molecule has 0 radical (unpaired) electrons. The lowest BCUT2D eigenvalue weighted by Crippen LogP contribution is -2.01. The van der Waals surface area contributed by atoms with Crippen molar-refractivity contribution in [3.8, 4) is 0 Å². The highest BCUT2D eigenvalue weighted by molar-refractivity contribution is 5.91. The van der Waals surface area contributed by atoms with Gasteiger partial charge in [-0.05, 0) is 36.5 Å². The second kappa shape index (κ2) is 3.21. The van der Waals surface area contributed by atoms with Gasteiger partial charge in [-0.2, -0.15) is 0 Å². The first kappa shape index (κ1) is 8.30. The summed E-state index contributed by atoms with van der Waals surface area (Å²) in [5.41, 5.74) is 2.23. The summed E-state index contributed by atoms with van der Waals surface area (Å²) < 4.78 is 4.87. The molecule has 2 rings (SSSR count). The zero-order valence-corrected chi connectivity index (χ0v) is 7.71. The Morgan fingerprint density at radius 3 is 2.85 bits per heavy atom. The average Bonchev–Trinajstić information content (AvgIpc) is 3.00. The molecule has 1 aliphatic rings. The third-order valence-electron chi connectivity index (χ3n) is 2.40. The summed E-state index contributed by atoms with van der Waals surface area (Å²) in [6.45, 7) is 0. The predicted molar refractivity (Wildman–Crippen MR) is 52.3 cm³/mol. The number of rotatable bonds is 2. The van der Waals surface area contributed by atoms with Gasteiger partial charge in [0.1, 0.15) is 0 Å². The molecule has 0 heterocycles. The molecule has 2 heteroatoms. The van der Waals surface area contributed by atoms with E-state index in [4.69, 9.17) is 10.1 Å². The Balaban J connectivity index is 2.26. The lowest BCUT2D eigenvalue weighted by Gasteiger charge is -2.04. The van der Waals surface area contributed by atoms with Crippen LogP contribution < -0.4 is 0 Å². The molecule has 1 N–H and O–H groups in total. The van der Waals surface area contributed by atoms with Crippen molar-refractivity contribution in [3.05, 3.63) is 35.4 Å². The van der Waals surface area contributed by atoms with Crippen molar-refractivity contribution in [2.24, 2.45) is 0 Å². The van der Waals surface area contributed by atoms with Gasteiger partial charge in [-0.25, -0.2) is 0 Å². The van der Waals surface area contributed by atoms with Crippen molar-refractivity contribution < 1.29 is 4.74 Å². The highest BCUT2D eigenvalue weighted by atomic mass is 16.5. The number of ether oxygens (including phenoxy) is 1. The monoisotopic (exact) mass is 175 g/mol. The predicted octanol–water partition coefficient (Wildman–Crippen LogP) is 2.54. The van der Waals surface area contributed by atoms with E-state index in [1.165, 1.54) is 25.5 Å². The van der Waals surface area contributed by atoms with Crippen molar-refractivity contribution in [1.82, 2.24) is 0 Å². The Morgan fingerprint density at radius 1 is 1.46 bits per heavy atom. The van der Waals surface area contributed by atoms with E-state index in [1.54, 1.807) is 0 Å². The van der Waals surface area contributed by atoms with Crippen molar-refractivity contribution in [2.75, 3.05) is 7.11 Å². The molecule has 0 bridgehead atoms. The molecular formula is C11H13NO. The zero-order chi connectivity index (χ0) is 9.26. The SMILES string of the molecule is COC(=N)c1cccc(C2CC2)c1. The quantitative estimate of drug-likeness (QED) is 0.543. The van der Waals surface area contributed by atoms with Crippen LogP contribution in [0.3, 0.4) is 0 Å². The van der Waals surface area contributed by atoms with E-state index in [1.807, 2.05) is 12.1 Å². The number of hydrogen-bond acceptors (Lipinski definition) is 2. The van der Waals surface area contributed by atoms with Gasteiger partial charge in [0.05, 0.1) is 7.11 Å². The van der Waals surface area contributed by atoms with E-state index in [2.05, 4.69) is 12.1 Å². The van der Waals surface area contributed by atoms with Gasteiger partial charge in [-0.15, -0.1) is 0 Å². The van der Waals surface area contributed by atoms with Gasteiger partial charge in [-0.1, -0.05) is 12.1 Å². The molecule has 1 aromatic carbocycles. The lowest BCUT2D eigenvalue weighted by atomic mass is 10.1. The summed E-state index contributed by atoms with van der Waals surface area (Å²) in [4.78, 5) is 0. The van der Waals surface area contributed by atoms with Crippen LogP contribution in [0.25, 0.3) is 0 Å². The topological polar surface area (TPSA) is 33.1 Å². The minimum atomic E-state index is 0.252. The fraction of sp³-hybridized carbons (Fsp3) is 0.364. The van der Waals surface area contributed by atoms with E-state index >= 15 is 0 Å². The molecule has 0 amide bonds. The van der Waals surface area contributed by atoms with Crippen LogP contribution in [0.5, 0.6) is 0 Å². The van der Waals surface area contributed by atoms with Crippen LogP contribution in [-0.4, -0.2) is 13.0 Å². The van der Waals surface area contributed by atoms with Crippen LogP contribution >= 0.6 is 0 Å². The van der Waals surface area contributed by atoms with Crippen molar-refractivity contribution in [3.63, 3.8) is 0 Å². The molecule has 0 aliphatic heterocycles. The molecule has 2 nitrogen and oxygen atoms in total. The minimum absolute atomic E-state index is 0.252. The lowest BCUT2D eigenvalue weighted by molar-refractivity contribution is 0.401. The van der Waals surface area contributed by atoms with Crippen LogP contribution in [-0.2, 0) is 4.74 Å². The Bertz CT molecular complexity index is 329. The summed E-state index contributed by atoms with van der Waals surface area (Å²) in [7, 11) is 1.53. The van der Waals surface area contributed by atoms with E-state index in [-0.39, 0.29) is 5.90 Å². The Kier molecular flexibility index (Phi) is 2.05. The summed E-state index contributed by atoms with van der Waals surface area (Å²) in [5.74, 6) is 0.993. The first-order chi connectivity index (χ1) is 6.31. The maximum atomic E-state index is 7.51. The van der Waals surface area contributed by atoms with Crippen LogP contribution in [0.15, 0.2) is 24.3 Å². The molecule has 68 valence electrons. The first-order valence-electron chi connectivity index (χ1n) is 4.54. The molecule has 0 saturated heterocycles. The Hall–Kier alpha value is -1.31. The molecule has 1 saturated carbocycles. The number of nitrogens with one attached hydrogen (secondary N) is 1. The fourth-order valence-electron chi connectivity index (χ4n) is 1.47. The van der Waals surface area contributed by atoms with Gasteiger partial charge < -0.3 is 4.74 Å². The third kappa shape index (κ3) is 1.72. The van der Waals surface area contributed by atoms with Gasteiger partial charge in [0, 0.05) is 5.56 Å². The first-order valence-corrected chi connectivity index (χ1v) is 4.54. The molecule has 0 aromatic heterocycles. The number of hydrogen-bond donors (Lipinski definition) is 1. The summed E-state index contributed by atoms with van der Waals surface area (Å²) in [6, 6.07) is 8.10. The van der Waals surface area contributed by atoms with Gasteiger partial charge in [-0.3, -0.25) is 5.41 Å². The van der Waals surface area contributed by atoms with Gasteiger partial charge >= 0.3 is 0 Å². The number of methoxy groups -OCH3 is 1. The molecule has 1 fully saturated rings. The van der Waals surface area contributed by atoms with E-state index in [0.29, 0.717) is 0 Å². The van der Waals surface area contributed by atoms with Crippen molar-refractivity contribution in [1.29, 1.82) is 5.41 Å². The molecule has 13 heavy (non-hydrogen) atoms. The van der Waals surface area contributed by atoms with Crippen molar-refractivity contribution in [2.45, 2.75) is 18.8 Å². The summed E-state index contributed by atoms with van der Waals surface area (Å²) >= 11 is 0. The molecule has 0 atom stereocenters. The van der Waals surface area contributed by atoms with Gasteiger partial charge in [0.25, 0.3) is 0 Å². The second-order valence-corrected chi connectivity index (χ2v) is 3.43. The molecule has 0 spiro atoms. The normalized spacial score (nSPS) is 15.5. The Labute approximate surface area is 78.0 Å². The third-order valence-corrected chi connectivity index (χ3v) is 2.40. The second-order valence-electron chi connectivity index (χ2n) is 3.43. The summed E-state index contributed by atoms with van der Waals surface area (Å²) in [5, 5.41) is 7.51. The standard InChI is InChI=1S/C11H13NO/c1-13-11(12)10-4-2-3-9(7-10)8-5-6-8/h2-4,7-8,12H,5-6H2,1H3. The molecule has 0 unspecified atom stereocenters. The maximum absolute atomic E-state index is 7.51. The smallest absolute Gasteiger partial charge is 0.212 e. The van der Waals surface area contributed by atoms with E-state index < -0.39 is 0 Å². The Morgan fingerprint density at radius 2 is 2.23 bits per heavy atom.